The summed E-state index contributed by atoms with van der Waals surface area (Å²) in [6, 6.07) is 3.07. The first-order valence-electron chi connectivity index (χ1n) is 5.90. The fourth-order valence-corrected chi connectivity index (χ4v) is 1.83. The van der Waals surface area contributed by atoms with Crippen LogP contribution in [-0.4, -0.2) is 0 Å². The van der Waals surface area contributed by atoms with Crippen molar-refractivity contribution in [1.82, 2.24) is 0 Å². The summed E-state index contributed by atoms with van der Waals surface area (Å²) in [5.41, 5.74) is 0.202. The molecule has 0 aromatic heterocycles. The van der Waals surface area contributed by atoms with Gasteiger partial charge in [-0.25, -0.2) is 17.6 Å². The Bertz CT molecular complexity index is 657. The van der Waals surface area contributed by atoms with Crippen molar-refractivity contribution >= 4 is 0 Å². The summed E-state index contributed by atoms with van der Waals surface area (Å²) in [7, 11) is 0. The van der Waals surface area contributed by atoms with Crippen LogP contribution in [0.5, 0.6) is 11.5 Å². The van der Waals surface area contributed by atoms with Gasteiger partial charge in [0, 0.05) is 17.2 Å². The van der Waals surface area contributed by atoms with Crippen LogP contribution in [0, 0.1) is 44.0 Å². The van der Waals surface area contributed by atoms with Gasteiger partial charge in [0.2, 0.25) is 0 Å². The molecule has 0 fully saturated rings. The van der Waals surface area contributed by atoms with E-state index in [1.807, 2.05) is 0 Å². The van der Waals surface area contributed by atoms with Gasteiger partial charge in [0.15, 0.2) is 17.4 Å². The minimum Gasteiger partial charge on any atom is -0.451 e. The first kappa shape index (κ1) is 14.4. The summed E-state index contributed by atoms with van der Waals surface area (Å²) in [6.45, 7) is 4.14. The predicted molar refractivity (Wildman–Crippen MR) is 67.0 cm³/mol. The van der Waals surface area contributed by atoms with Gasteiger partial charge >= 0.3 is 0 Å². The Kier molecular flexibility index (Phi) is 3.70. The molecule has 0 heterocycles. The average molecular weight is 284 g/mol. The highest BCUT2D eigenvalue weighted by Gasteiger charge is 2.18. The largest absolute Gasteiger partial charge is 0.451 e. The highest BCUT2D eigenvalue weighted by molar-refractivity contribution is 5.42. The molecule has 20 heavy (non-hydrogen) atoms. The standard InChI is InChI=1S/C15H12F4O/c1-7-4-11(17)15(12(18)5-7)20-13-6-10(16)8(2)14(19)9(13)3/h4-6H,1-3H3. The van der Waals surface area contributed by atoms with Gasteiger partial charge < -0.3 is 4.74 Å². The Balaban J connectivity index is 2.51. The molecule has 0 bridgehead atoms. The summed E-state index contributed by atoms with van der Waals surface area (Å²) in [6.07, 6.45) is 0. The van der Waals surface area contributed by atoms with E-state index in [1.165, 1.54) is 20.8 Å². The maximum Gasteiger partial charge on any atom is 0.198 e. The van der Waals surface area contributed by atoms with Crippen LogP contribution in [0.1, 0.15) is 16.7 Å². The van der Waals surface area contributed by atoms with E-state index in [9.17, 15) is 17.6 Å². The molecule has 0 saturated heterocycles. The monoisotopic (exact) mass is 284 g/mol. The van der Waals surface area contributed by atoms with Crippen LogP contribution >= 0.6 is 0 Å². The van der Waals surface area contributed by atoms with Gasteiger partial charge in [-0.15, -0.1) is 0 Å². The van der Waals surface area contributed by atoms with E-state index in [2.05, 4.69) is 0 Å². The van der Waals surface area contributed by atoms with Crippen molar-refractivity contribution in [2.45, 2.75) is 20.8 Å². The number of halogens is 4. The number of benzene rings is 2. The molecule has 1 nitrogen and oxygen atoms in total. The summed E-state index contributed by atoms with van der Waals surface area (Å²) in [5, 5.41) is 0. The average Bonchev–Trinajstić information content (AvgIpc) is 2.37. The summed E-state index contributed by atoms with van der Waals surface area (Å²) >= 11 is 0. The Morgan fingerprint density at radius 2 is 1.30 bits per heavy atom. The molecule has 2 rings (SSSR count). The van der Waals surface area contributed by atoms with Crippen LogP contribution in [-0.2, 0) is 0 Å². The minimum absolute atomic E-state index is 0.0109. The van der Waals surface area contributed by atoms with Crippen molar-refractivity contribution in [3.05, 3.63) is 58.2 Å². The number of rotatable bonds is 2. The Morgan fingerprint density at radius 1 is 0.750 bits per heavy atom. The predicted octanol–water partition coefficient (Wildman–Crippen LogP) is 4.96. The molecule has 0 atom stereocenters. The molecule has 0 spiro atoms. The number of aryl methyl sites for hydroxylation is 1. The number of ether oxygens (including phenoxy) is 1. The lowest BCUT2D eigenvalue weighted by Crippen LogP contribution is -2.00. The molecule has 2 aromatic carbocycles. The third-order valence-electron chi connectivity index (χ3n) is 3.00. The maximum atomic E-state index is 13.7. The molecule has 106 valence electrons. The first-order valence-corrected chi connectivity index (χ1v) is 5.90. The summed E-state index contributed by atoms with van der Waals surface area (Å²) < 4.78 is 59.5. The van der Waals surface area contributed by atoms with Crippen LogP contribution in [0.25, 0.3) is 0 Å². The second-order valence-corrected chi connectivity index (χ2v) is 4.58. The highest BCUT2D eigenvalue weighted by atomic mass is 19.1. The van der Waals surface area contributed by atoms with Gasteiger partial charge in [-0.05, 0) is 38.5 Å². The van der Waals surface area contributed by atoms with E-state index in [0.29, 0.717) is 5.56 Å². The van der Waals surface area contributed by atoms with Crippen LogP contribution in [0.4, 0.5) is 17.6 Å². The molecule has 0 amide bonds. The molecule has 0 aliphatic rings. The molecule has 0 aliphatic carbocycles. The molecule has 0 aliphatic heterocycles. The van der Waals surface area contributed by atoms with Crippen molar-refractivity contribution in [1.29, 1.82) is 0 Å². The zero-order valence-electron chi connectivity index (χ0n) is 11.2. The van der Waals surface area contributed by atoms with Crippen LogP contribution in [0.15, 0.2) is 18.2 Å². The number of hydrogen-bond donors (Lipinski definition) is 0. The lowest BCUT2D eigenvalue weighted by Gasteiger charge is -2.13. The molecular formula is C15H12F4O. The van der Waals surface area contributed by atoms with Crippen molar-refractivity contribution in [2.24, 2.45) is 0 Å². The third kappa shape index (κ3) is 2.48. The van der Waals surface area contributed by atoms with Gasteiger partial charge in [-0.3, -0.25) is 0 Å². The van der Waals surface area contributed by atoms with Crippen molar-refractivity contribution < 1.29 is 22.3 Å². The van der Waals surface area contributed by atoms with Crippen LogP contribution < -0.4 is 4.74 Å². The quantitative estimate of drug-likeness (QED) is 0.708. The van der Waals surface area contributed by atoms with Gasteiger partial charge in [-0.1, -0.05) is 0 Å². The first-order chi connectivity index (χ1) is 9.31. The molecule has 0 N–H and O–H groups in total. The zero-order valence-corrected chi connectivity index (χ0v) is 11.2. The lowest BCUT2D eigenvalue weighted by atomic mass is 10.1. The summed E-state index contributed by atoms with van der Waals surface area (Å²) in [5.74, 6) is -4.43. The lowest BCUT2D eigenvalue weighted by molar-refractivity contribution is 0.397. The molecule has 0 radical (unpaired) electrons. The SMILES string of the molecule is Cc1cc(F)c(Oc2cc(F)c(C)c(F)c2C)c(F)c1. The topological polar surface area (TPSA) is 9.23 Å². The Hall–Kier alpha value is -2.04. The minimum atomic E-state index is -0.928. The van der Waals surface area contributed by atoms with Gasteiger partial charge in [0.25, 0.3) is 0 Å². The number of hydrogen-bond acceptors (Lipinski definition) is 1. The van der Waals surface area contributed by atoms with Crippen molar-refractivity contribution in [3.8, 4) is 11.5 Å². The fraction of sp³-hybridized carbons (Fsp3) is 0.200. The van der Waals surface area contributed by atoms with E-state index in [0.717, 1.165) is 18.2 Å². The van der Waals surface area contributed by atoms with E-state index in [4.69, 9.17) is 4.74 Å². The smallest absolute Gasteiger partial charge is 0.198 e. The second-order valence-electron chi connectivity index (χ2n) is 4.58. The van der Waals surface area contributed by atoms with Gasteiger partial charge in [0.1, 0.15) is 17.4 Å². The highest BCUT2D eigenvalue weighted by Crippen LogP contribution is 2.33. The fourth-order valence-electron chi connectivity index (χ4n) is 1.83. The maximum absolute atomic E-state index is 13.7. The van der Waals surface area contributed by atoms with Crippen molar-refractivity contribution in [3.63, 3.8) is 0 Å². The third-order valence-corrected chi connectivity index (χ3v) is 3.00. The Morgan fingerprint density at radius 3 is 1.85 bits per heavy atom. The Labute approximate surface area is 113 Å². The van der Waals surface area contributed by atoms with E-state index < -0.39 is 29.0 Å². The van der Waals surface area contributed by atoms with Crippen LogP contribution in [0.2, 0.25) is 0 Å². The van der Waals surface area contributed by atoms with Gasteiger partial charge in [0.05, 0.1) is 0 Å². The van der Waals surface area contributed by atoms with Crippen LogP contribution in [0.3, 0.4) is 0 Å². The normalized spacial score (nSPS) is 10.8. The molecule has 0 unspecified atom stereocenters. The second kappa shape index (κ2) is 5.15. The van der Waals surface area contributed by atoms with Gasteiger partial charge in [-0.2, -0.15) is 0 Å². The van der Waals surface area contributed by atoms with E-state index in [1.54, 1.807) is 0 Å². The zero-order chi connectivity index (χ0) is 15.0. The molecular weight excluding hydrogens is 272 g/mol. The molecule has 2 aromatic rings. The van der Waals surface area contributed by atoms with E-state index >= 15 is 0 Å². The molecule has 0 saturated carbocycles. The van der Waals surface area contributed by atoms with Crippen molar-refractivity contribution in [2.75, 3.05) is 0 Å². The van der Waals surface area contributed by atoms with E-state index in [-0.39, 0.29) is 16.9 Å². The summed E-state index contributed by atoms with van der Waals surface area (Å²) in [4.78, 5) is 0. The molecule has 5 heteroatoms.